The lowest BCUT2D eigenvalue weighted by Crippen LogP contribution is -2.41. The van der Waals surface area contributed by atoms with Crippen LogP contribution in [-0.4, -0.2) is 32.5 Å². The number of carboxylic acids is 1. The van der Waals surface area contributed by atoms with Crippen molar-refractivity contribution in [1.29, 1.82) is 0 Å². The third-order valence-electron chi connectivity index (χ3n) is 3.93. The zero-order valence-corrected chi connectivity index (χ0v) is 12.3. The summed E-state index contributed by atoms with van der Waals surface area (Å²) in [6.07, 6.45) is 3.15. The summed E-state index contributed by atoms with van der Waals surface area (Å²) in [4.78, 5) is 44.5. The van der Waals surface area contributed by atoms with E-state index < -0.39 is 22.4 Å². The number of carboxylic acid groups (broad SMARTS) is 1. The SMILES string of the molecule is O=C(Cn1cc([N+](=O)[O-])ccc1=O)NC1CCC(C(=O)O)CC1. The highest BCUT2D eigenvalue weighted by atomic mass is 16.6. The fraction of sp³-hybridized carbons (Fsp3) is 0.500. The number of rotatable bonds is 5. The summed E-state index contributed by atoms with van der Waals surface area (Å²) in [7, 11) is 0. The van der Waals surface area contributed by atoms with Crippen molar-refractivity contribution in [2.75, 3.05) is 0 Å². The molecule has 0 aromatic carbocycles. The Labute approximate surface area is 131 Å². The number of nitrogens with one attached hydrogen (secondary N) is 1. The Balaban J connectivity index is 1.93. The third-order valence-corrected chi connectivity index (χ3v) is 3.93. The zero-order valence-electron chi connectivity index (χ0n) is 12.3. The maximum Gasteiger partial charge on any atom is 0.306 e. The number of nitrogens with zero attached hydrogens (tertiary/aromatic N) is 2. The summed E-state index contributed by atoms with van der Waals surface area (Å²) in [5.41, 5.74) is -0.764. The van der Waals surface area contributed by atoms with Gasteiger partial charge in [0.2, 0.25) is 5.91 Å². The molecule has 0 atom stereocenters. The number of nitro groups is 1. The Morgan fingerprint density at radius 2 is 1.96 bits per heavy atom. The number of hydrogen-bond donors (Lipinski definition) is 2. The number of amides is 1. The van der Waals surface area contributed by atoms with Crippen molar-refractivity contribution in [1.82, 2.24) is 9.88 Å². The fourth-order valence-electron chi connectivity index (χ4n) is 2.66. The molecule has 1 aromatic heterocycles. The van der Waals surface area contributed by atoms with Gasteiger partial charge in [0.05, 0.1) is 17.0 Å². The van der Waals surface area contributed by atoms with Gasteiger partial charge < -0.3 is 10.4 Å². The summed E-state index contributed by atoms with van der Waals surface area (Å²) < 4.78 is 0.982. The molecule has 0 bridgehead atoms. The van der Waals surface area contributed by atoms with Gasteiger partial charge in [-0.1, -0.05) is 0 Å². The average Bonchev–Trinajstić information content (AvgIpc) is 2.49. The molecule has 124 valence electrons. The molecule has 9 nitrogen and oxygen atoms in total. The molecule has 1 saturated carbocycles. The quantitative estimate of drug-likeness (QED) is 0.599. The minimum absolute atomic E-state index is 0.132. The Kier molecular flexibility index (Phi) is 5.09. The van der Waals surface area contributed by atoms with E-state index in [0.29, 0.717) is 25.7 Å². The first-order valence-corrected chi connectivity index (χ1v) is 7.24. The molecule has 0 aliphatic heterocycles. The van der Waals surface area contributed by atoms with Crippen LogP contribution in [0.15, 0.2) is 23.1 Å². The van der Waals surface area contributed by atoms with Crippen LogP contribution in [0.5, 0.6) is 0 Å². The Hall–Kier alpha value is -2.71. The smallest absolute Gasteiger partial charge is 0.306 e. The number of aliphatic carboxylic acids is 1. The molecule has 1 aliphatic rings. The molecule has 0 saturated heterocycles. The van der Waals surface area contributed by atoms with E-state index in [1.807, 2.05) is 0 Å². The number of carbonyl (C=O) groups excluding carboxylic acids is 1. The van der Waals surface area contributed by atoms with Crippen LogP contribution in [0.3, 0.4) is 0 Å². The second-order valence-corrected chi connectivity index (χ2v) is 5.56. The monoisotopic (exact) mass is 323 g/mol. The molecule has 23 heavy (non-hydrogen) atoms. The first kappa shape index (κ1) is 16.7. The van der Waals surface area contributed by atoms with E-state index in [-0.39, 0.29) is 24.2 Å². The van der Waals surface area contributed by atoms with Crippen LogP contribution < -0.4 is 10.9 Å². The van der Waals surface area contributed by atoms with Gasteiger partial charge in [-0.15, -0.1) is 0 Å². The van der Waals surface area contributed by atoms with Gasteiger partial charge in [-0.05, 0) is 25.7 Å². The highest BCUT2D eigenvalue weighted by Crippen LogP contribution is 2.24. The molecular formula is C14H17N3O6. The van der Waals surface area contributed by atoms with Crippen LogP contribution in [0.1, 0.15) is 25.7 Å². The van der Waals surface area contributed by atoms with Crippen LogP contribution in [0.25, 0.3) is 0 Å². The highest BCUT2D eigenvalue weighted by molar-refractivity contribution is 5.76. The zero-order chi connectivity index (χ0) is 17.0. The van der Waals surface area contributed by atoms with Gasteiger partial charge in [-0.2, -0.15) is 0 Å². The number of carbonyl (C=O) groups is 2. The predicted octanol–water partition coefficient (Wildman–Crippen LogP) is 0.516. The highest BCUT2D eigenvalue weighted by Gasteiger charge is 2.26. The predicted molar refractivity (Wildman–Crippen MR) is 78.9 cm³/mol. The summed E-state index contributed by atoms with van der Waals surface area (Å²) in [6.45, 7) is -0.306. The third kappa shape index (κ3) is 4.38. The minimum atomic E-state index is -0.821. The van der Waals surface area contributed by atoms with Gasteiger partial charge in [0.15, 0.2) is 0 Å². The topological polar surface area (TPSA) is 132 Å². The van der Waals surface area contributed by atoms with Gasteiger partial charge in [0.25, 0.3) is 11.2 Å². The van der Waals surface area contributed by atoms with Gasteiger partial charge >= 0.3 is 5.97 Å². The van der Waals surface area contributed by atoms with E-state index in [9.17, 15) is 24.5 Å². The number of aromatic nitrogens is 1. The van der Waals surface area contributed by atoms with Crippen molar-refractivity contribution in [3.05, 3.63) is 38.8 Å². The minimum Gasteiger partial charge on any atom is -0.481 e. The molecule has 2 N–H and O–H groups in total. The van der Waals surface area contributed by atoms with Crippen molar-refractivity contribution in [3.63, 3.8) is 0 Å². The van der Waals surface area contributed by atoms with E-state index in [2.05, 4.69) is 5.32 Å². The van der Waals surface area contributed by atoms with Crippen molar-refractivity contribution < 1.29 is 19.6 Å². The van der Waals surface area contributed by atoms with Crippen molar-refractivity contribution >= 4 is 17.6 Å². The molecule has 1 heterocycles. The second kappa shape index (κ2) is 7.03. The lowest BCUT2D eigenvalue weighted by atomic mass is 9.86. The standard InChI is InChI=1S/C14H17N3O6/c18-12(15-10-3-1-9(2-4-10)14(20)21)8-16-7-11(17(22)23)5-6-13(16)19/h5-7,9-10H,1-4,8H2,(H,15,18)(H,20,21). The van der Waals surface area contributed by atoms with E-state index in [1.165, 1.54) is 0 Å². The Morgan fingerprint density at radius 3 is 2.52 bits per heavy atom. The van der Waals surface area contributed by atoms with E-state index >= 15 is 0 Å². The molecule has 1 fully saturated rings. The van der Waals surface area contributed by atoms with Gasteiger partial charge in [0, 0.05) is 18.2 Å². The molecule has 1 aromatic rings. The van der Waals surface area contributed by atoms with Crippen molar-refractivity contribution in [3.8, 4) is 0 Å². The van der Waals surface area contributed by atoms with Crippen molar-refractivity contribution in [2.24, 2.45) is 5.92 Å². The Morgan fingerprint density at radius 1 is 1.30 bits per heavy atom. The molecule has 1 amide bonds. The molecule has 0 radical (unpaired) electrons. The molecule has 2 rings (SSSR count). The molecule has 0 unspecified atom stereocenters. The summed E-state index contributed by atoms with van der Waals surface area (Å²) in [5.74, 6) is -1.62. The maximum absolute atomic E-state index is 12.0. The van der Waals surface area contributed by atoms with Gasteiger partial charge in [-0.3, -0.25) is 29.1 Å². The number of pyridine rings is 1. The van der Waals surface area contributed by atoms with Crippen LogP contribution in [-0.2, 0) is 16.1 Å². The van der Waals surface area contributed by atoms with E-state index in [0.717, 1.165) is 22.9 Å². The lowest BCUT2D eigenvalue weighted by Gasteiger charge is -2.26. The van der Waals surface area contributed by atoms with E-state index in [1.54, 1.807) is 0 Å². The van der Waals surface area contributed by atoms with Crippen LogP contribution in [0, 0.1) is 16.0 Å². The molecular weight excluding hydrogens is 306 g/mol. The summed E-state index contributed by atoms with van der Waals surface area (Å²) in [5, 5.41) is 22.4. The van der Waals surface area contributed by atoms with Crippen LogP contribution in [0.4, 0.5) is 5.69 Å². The second-order valence-electron chi connectivity index (χ2n) is 5.56. The van der Waals surface area contributed by atoms with E-state index in [4.69, 9.17) is 5.11 Å². The average molecular weight is 323 g/mol. The largest absolute Gasteiger partial charge is 0.481 e. The molecule has 1 aliphatic carbocycles. The maximum atomic E-state index is 12.0. The van der Waals surface area contributed by atoms with Gasteiger partial charge in [-0.25, -0.2) is 0 Å². The lowest BCUT2D eigenvalue weighted by molar-refractivity contribution is -0.385. The van der Waals surface area contributed by atoms with Crippen LogP contribution >= 0.6 is 0 Å². The molecule has 0 spiro atoms. The fourth-order valence-corrected chi connectivity index (χ4v) is 2.66. The Bertz CT molecular complexity index is 675. The van der Waals surface area contributed by atoms with Crippen LogP contribution in [0.2, 0.25) is 0 Å². The number of hydrogen-bond acceptors (Lipinski definition) is 5. The first-order valence-electron chi connectivity index (χ1n) is 7.24. The van der Waals surface area contributed by atoms with Crippen molar-refractivity contribution in [2.45, 2.75) is 38.3 Å². The summed E-state index contributed by atoms with van der Waals surface area (Å²) in [6, 6.07) is 2.00. The first-order chi connectivity index (χ1) is 10.9. The normalized spacial score (nSPS) is 20.7. The molecule has 9 heteroatoms. The summed E-state index contributed by atoms with van der Waals surface area (Å²) >= 11 is 0. The van der Waals surface area contributed by atoms with Gasteiger partial charge in [0.1, 0.15) is 6.54 Å².